The van der Waals surface area contributed by atoms with Crippen molar-refractivity contribution in [3.8, 4) is 0 Å². The van der Waals surface area contributed by atoms with Crippen LogP contribution in [0.25, 0.3) is 0 Å². The molecule has 1 fully saturated rings. The first-order valence-electron chi connectivity index (χ1n) is 6.08. The molecule has 1 rings (SSSR count). The Kier molecular flexibility index (Phi) is 4.53. The summed E-state index contributed by atoms with van der Waals surface area (Å²) in [6, 6.07) is 0. The number of rotatable bonds is 4. The van der Waals surface area contributed by atoms with Crippen LogP contribution in [0.3, 0.4) is 0 Å². The molecule has 0 bridgehead atoms. The molecule has 0 N–H and O–H groups in total. The summed E-state index contributed by atoms with van der Waals surface area (Å²) in [5.74, 6) is 0.513. The monoisotopic (exact) mass is 246 g/mol. The second-order valence-electron chi connectivity index (χ2n) is 5.01. The largest absolute Gasteiger partial charge is 0.298 e. The van der Waals surface area contributed by atoms with Crippen molar-refractivity contribution in [1.29, 1.82) is 0 Å². The van der Waals surface area contributed by atoms with Crippen molar-refractivity contribution in [3.63, 3.8) is 0 Å². The van der Waals surface area contributed by atoms with Gasteiger partial charge >= 0.3 is 0 Å². The quantitative estimate of drug-likeness (QED) is 0.764. The number of hydrogen-bond donors (Lipinski definition) is 0. The zero-order chi connectivity index (χ0) is 12.3. The highest BCUT2D eigenvalue weighted by molar-refractivity contribution is 7.92. The number of hydrogen-bond acceptors (Lipinski definition) is 3. The Hall–Kier alpha value is -0.380. The van der Waals surface area contributed by atoms with E-state index in [-0.39, 0.29) is 11.7 Å². The van der Waals surface area contributed by atoms with Gasteiger partial charge in [0.05, 0.1) is 0 Å². The van der Waals surface area contributed by atoms with Crippen molar-refractivity contribution in [1.82, 2.24) is 0 Å². The maximum absolute atomic E-state index is 12.0. The van der Waals surface area contributed by atoms with Crippen LogP contribution in [-0.4, -0.2) is 25.7 Å². The average molecular weight is 246 g/mol. The number of carbonyl (C=O) groups excluding carboxylic acids is 1. The molecule has 0 radical (unpaired) electrons. The number of Topliss-reactive ketones (excluding diaryl/α,β-unsaturated/α-hetero) is 1. The fraction of sp³-hybridized carbons (Fsp3) is 0.917. The minimum Gasteiger partial charge on any atom is -0.298 e. The number of carbonyl (C=O) groups is 1. The van der Waals surface area contributed by atoms with Crippen LogP contribution in [-0.2, 0) is 14.6 Å². The third-order valence-corrected chi connectivity index (χ3v) is 5.32. The van der Waals surface area contributed by atoms with E-state index in [0.29, 0.717) is 5.92 Å². The standard InChI is InChI=1S/C12H22O3S/c1-4-10-6-5-7-11(8-10)12(13)9(2)16(3,14)15/h9-11H,4-8H2,1-3H3. The summed E-state index contributed by atoms with van der Waals surface area (Å²) in [4.78, 5) is 12.0. The summed E-state index contributed by atoms with van der Waals surface area (Å²) in [5, 5.41) is -0.826. The molecule has 0 aromatic heterocycles. The summed E-state index contributed by atoms with van der Waals surface area (Å²) in [7, 11) is -3.23. The van der Waals surface area contributed by atoms with Gasteiger partial charge in [-0.25, -0.2) is 8.42 Å². The molecule has 0 saturated heterocycles. The van der Waals surface area contributed by atoms with Gasteiger partial charge in [-0.05, 0) is 25.7 Å². The molecule has 0 amide bonds. The highest BCUT2D eigenvalue weighted by Gasteiger charge is 2.33. The highest BCUT2D eigenvalue weighted by atomic mass is 32.2. The van der Waals surface area contributed by atoms with Gasteiger partial charge in [0.15, 0.2) is 15.6 Å². The van der Waals surface area contributed by atoms with Gasteiger partial charge in [-0.3, -0.25) is 4.79 Å². The van der Waals surface area contributed by atoms with E-state index in [0.717, 1.165) is 31.9 Å². The molecule has 1 saturated carbocycles. The molecule has 0 heterocycles. The topological polar surface area (TPSA) is 51.2 Å². The molecule has 0 spiro atoms. The lowest BCUT2D eigenvalue weighted by Crippen LogP contribution is -2.34. The van der Waals surface area contributed by atoms with Crippen molar-refractivity contribution >= 4 is 15.6 Å². The Balaban J connectivity index is 2.67. The fourth-order valence-electron chi connectivity index (χ4n) is 2.46. The van der Waals surface area contributed by atoms with E-state index in [1.165, 1.54) is 13.3 Å². The van der Waals surface area contributed by atoms with Gasteiger partial charge in [-0.1, -0.05) is 26.2 Å². The molecule has 4 heteroatoms. The smallest absolute Gasteiger partial charge is 0.157 e. The molecule has 0 aromatic rings. The van der Waals surface area contributed by atoms with E-state index in [4.69, 9.17) is 0 Å². The minimum absolute atomic E-state index is 0.0246. The minimum atomic E-state index is -3.23. The van der Waals surface area contributed by atoms with Gasteiger partial charge in [0.1, 0.15) is 5.25 Å². The van der Waals surface area contributed by atoms with Crippen molar-refractivity contribution in [2.75, 3.05) is 6.26 Å². The van der Waals surface area contributed by atoms with E-state index >= 15 is 0 Å². The normalized spacial score (nSPS) is 28.7. The Morgan fingerprint density at radius 1 is 1.38 bits per heavy atom. The van der Waals surface area contributed by atoms with Crippen LogP contribution in [0.1, 0.15) is 46.0 Å². The van der Waals surface area contributed by atoms with E-state index in [9.17, 15) is 13.2 Å². The fourth-order valence-corrected chi connectivity index (χ4v) is 3.08. The van der Waals surface area contributed by atoms with Crippen LogP contribution in [0.2, 0.25) is 0 Å². The zero-order valence-electron chi connectivity index (χ0n) is 10.4. The van der Waals surface area contributed by atoms with Crippen molar-refractivity contribution in [2.24, 2.45) is 11.8 Å². The highest BCUT2D eigenvalue weighted by Crippen LogP contribution is 2.32. The van der Waals surface area contributed by atoms with Crippen molar-refractivity contribution < 1.29 is 13.2 Å². The number of ketones is 1. The van der Waals surface area contributed by atoms with Gasteiger partial charge in [-0.2, -0.15) is 0 Å². The Labute approximate surface area is 98.5 Å². The molecular formula is C12H22O3S. The van der Waals surface area contributed by atoms with Gasteiger partial charge in [0.25, 0.3) is 0 Å². The Bertz CT molecular complexity index is 345. The summed E-state index contributed by atoms with van der Waals surface area (Å²) < 4.78 is 22.7. The van der Waals surface area contributed by atoms with Crippen LogP contribution in [0, 0.1) is 11.8 Å². The van der Waals surface area contributed by atoms with Gasteiger partial charge in [-0.15, -0.1) is 0 Å². The molecule has 0 aromatic carbocycles. The van der Waals surface area contributed by atoms with Gasteiger partial charge in [0, 0.05) is 12.2 Å². The summed E-state index contributed by atoms with van der Waals surface area (Å²) in [6.07, 6.45) is 6.25. The molecule has 0 aliphatic heterocycles. The second-order valence-corrected chi connectivity index (χ2v) is 7.38. The lowest BCUT2D eigenvalue weighted by molar-refractivity contribution is -0.123. The predicted molar refractivity (Wildman–Crippen MR) is 65.1 cm³/mol. The molecule has 1 aliphatic rings. The van der Waals surface area contributed by atoms with E-state index in [2.05, 4.69) is 6.92 Å². The average Bonchev–Trinajstić information content (AvgIpc) is 2.26. The lowest BCUT2D eigenvalue weighted by Gasteiger charge is -2.28. The summed E-state index contributed by atoms with van der Waals surface area (Å²) in [5.41, 5.74) is 0. The first kappa shape index (κ1) is 13.7. The predicted octanol–water partition coefficient (Wildman–Crippen LogP) is 2.21. The molecule has 1 aliphatic carbocycles. The van der Waals surface area contributed by atoms with Crippen LogP contribution in [0.5, 0.6) is 0 Å². The van der Waals surface area contributed by atoms with E-state index < -0.39 is 15.1 Å². The Morgan fingerprint density at radius 3 is 2.50 bits per heavy atom. The molecule has 16 heavy (non-hydrogen) atoms. The van der Waals surface area contributed by atoms with Gasteiger partial charge in [0.2, 0.25) is 0 Å². The third-order valence-electron chi connectivity index (χ3n) is 3.81. The van der Waals surface area contributed by atoms with Crippen LogP contribution in [0.15, 0.2) is 0 Å². The molecular weight excluding hydrogens is 224 g/mol. The maximum atomic E-state index is 12.0. The van der Waals surface area contributed by atoms with E-state index in [1.807, 2.05) is 0 Å². The van der Waals surface area contributed by atoms with Crippen LogP contribution >= 0.6 is 0 Å². The molecule has 3 nitrogen and oxygen atoms in total. The second kappa shape index (κ2) is 5.30. The van der Waals surface area contributed by atoms with E-state index in [1.54, 1.807) is 0 Å². The van der Waals surface area contributed by atoms with Crippen molar-refractivity contribution in [2.45, 2.75) is 51.2 Å². The van der Waals surface area contributed by atoms with Gasteiger partial charge < -0.3 is 0 Å². The summed E-state index contributed by atoms with van der Waals surface area (Å²) >= 11 is 0. The zero-order valence-corrected chi connectivity index (χ0v) is 11.2. The third kappa shape index (κ3) is 3.30. The molecule has 94 valence electrons. The van der Waals surface area contributed by atoms with Crippen LogP contribution < -0.4 is 0 Å². The maximum Gasteiger partial charge on any atom is 0.157 e. The van der Waals surface area contributed by atoms with Crippen molar-refractivity contribution in [3.05, 3.63) is 0 Å². The Morgan fingerprint density at radius 2 is 2.00 bits per heavy atom. The SMILES string of the molecule is CCC1CCCC(C(=O)C(C)S(C)(=O)=O)C1. The lowest BCUT2D eigenvalue weighted by atomic mass is 9.78. The first-order chi connectivity index (χ1) is 7.36. The van der Waals surface area contributed by atoms with Crippen LogP contribution in [0.4, 0.5) is 0 Å². The number of sulfone groups is 1. The first-order valence-corrected chi connectivity index (χ1v) is 8.04. The molecule has 3 atom stereocenters. The summed E-state index contributed by atoms with van der Waals surface area (Å²) in [6.45, 7) is 3.66. The molecule has 3 unspecified atom stereocenters.